The van der Waals surface area contributed by atoms with Crippen molar-refractivity contribution in [1.82, 2.24) is 9.97 Å². The first kappa shape index (κ1) is 12.7. The summed E-state index contributed by atoms with van der Waals surface area (Å²) in [4.78, 5) is 11.5. The number of morpholine rings is 1. The molecule has 0 aromatic carbocycles. The monoisotopic (exact) mass is 262 g/mol. The minimum Gasteiger partial charge on any atom is -0.378 e. The Bertz CT molecular complexity index is 425. The number of nitrogens with one attached hydrogen (secondary N) is 1. The van der Waals surface area contributed by atoms with Crippen LogP contribution in [0.5, 0.6) is 0 Å². The number of anilines is 2. The molecule has 19 heavy (non-hydrogen) atoms. The molecule has 1 N–H and O–H groups in total. The lowest BCUT2D eigenvalue weighted by Crippen LogP contribution is -2.37. The topological polar surface area (TPSA) is 50.3 Å². The highest BCUT2D eigenvalue weighted by Gasteiger charge is 2.18. The Balaban J connectivity index is 1.74. The van der Waals surface area contributed by atoms with Crippen molar-refractivity contribution in [3.63, 3.8) is 0 Å². The molecule has 2 aliphatic rings. The predicted octanol–water partition coefficient (Wildman–Crippen LogP) is 1.98. The van der Waals surface area contributed by atoms with Crippen LogP contribution in [-0.2, 0) is 4.74 Å². The maximum Gasteiger partial charge on any atom is 0.225 e. The molecular formula is C14H22N4O. The quantitative estimate of drug-likeness (QED) is 0.902. The summed E-state index contributed by atoms with van der Waals surface area (Å²) in [5.74, 6) is 1.81. The van der Waals surface area contributed by atoms with E-state index in [1.54, 1.807) is 0 Å². The molecule has 1 aliphatic carbocycles. The largest absolute Gasteiger partial charge is 0.378 e. The van der Waals surface area contributed by atoms with E-state index in [2.05, 4.69) is 26.3 Å². The molecule has 1 saturated carbocycles. The number of aromatic nitrogens is 2. The number of aryl methyl sites for hydroxylation is 1. The summed E-state index contributed by atoms with van der Waals surface area (Å²) in [5, 5.41) is 3.48. The molecule has 2 heterocycles. The summed E-state index contributed by atoms with van der Waals surface area (Å²) in [6.07, 6.45) is 5.12. The summed E-state index contributed by atoms with van der Waals surface area (Å²) in [6, 6.07) is 2.62. The van der Waals surface area contributed by atoms with Crippen LogP contribution in [0.15, 0.2) is 6.07 Å². The van der Waals surface area contributed by atoms with E-state index in [9.17, 15) is 0 Å². The van der Waals surface area contributed by atoms with Gasteiger partial charge in [-0.1, -0.05) is 12.8 Å². The molecule has 104 valence electrons. The van der Waals surface area contributed by atoms with Crippen molar-refractivity contribution in [3.8, 4) is 0 Å². The highest BCUT2D eigenvalue weighted by molar-refractivity contribution is 5.45. The maximum absolute atomic E-state index is 5.39. The average Bonchev–Trinajstić information content (AvgIpc) is 2.92. The Kier molecular flexibility index (Phi) is 3.82. The van der Waals surface area contributed by atoms with Crippen LogP contribution < -0.4 is 10.2 Å². The van der Waals surface area contributed by atoms with Gasteiger partial charge in [-0.3, -0.25) is 0 Å². The van der Waals surface area contributed by atoms with Crippen molar-refractivity contribution in [3.05, 3.63) is 11.8 Å². The van der Waals surface area contributed by atoms with Crippen molar-refractivity contribution >= 4 is 11.8 Å². The summed E-state index contributed by atoms with van der Waals surface area (Å²) in [7, 11) is 0. The van der Waals surface area contributed by atoms with Gasteiger partial charge in [0.15, 0.2) is 0 Å². The molecule has 5 nitrogen and oxygen atoms in total. The van der Waals surface area contributed by atoms with Crippen molar-refractivity contribution in [1.29, 1.82) is 0 Å². The zero-order valence-electron chi connectivity index (χ0n) is 11.6. The van der Waals surface area contributed by atoms with E-state index >= 15 is 0 Å². The van der Waals surface area contributed by atoms with Gasteiger partial charge < -0.3 is 15.0 Å². The first-order valence-corrected chi connectivity index (χ1v) is 7.26. The van der Waals surface area contributed by atoms with Gasteiger partial charge in [-0.25, -0.2) is 4.98 Å². The molecule has 5 heteroatoms. The molecule has 3 rings (SSSR count). The van der Waals surface area contributed by atoms with Crippen LogP contribution >= 0.6 is 0 Å². The lowest BCUT2D eigenvalue weighted by molar-refractivity contribution is 0.122. The normalized spacial score (nSPS) is 20.8. The molecule has 0 spiro atoms. The SMILES string of the molecule is Cc1cc(N2CCOCC2)nc(NC2CCCC2)n1. The van der Waals surface area contributed by atoms with E-state index in [1.165, 1.54) is 25.7 Å². The maximum atomic E-state index is 5.39. The molecule has 1 aromatic heterocycles. The van der Waals surface area contributed by atoms with Gasteiger partial charge in [-0.2, -0.15) is 4.98 Å². The smallest absolute Gasteiger partial charge is 0.225 e. The van der Waals surface area contributed by atoms with Gasteiger partial charge >= 0.3 is 0 Å². The van der Waals surface area contributed by atoms with Crippen molar-refractivity contribution < 1.29 is 4.74 Å². The van der Waals surface area contributed by atoms with E-state index in [0.29, 0.717) is 6.04 Å². The Morgan fingerprint density at radius 3 is 2.68 bits per heavy atom. The van der Waals surface area contributed by atoms with Crippen LogP contribution in [0.25, 0.3) is 0 Å². The number of hydrogen-bond acceptors (Lipinski definition) is 5. The van der Waals surface area contributed by atoms with Crippen molar-refractivity contribution in [2.75, 3.05) is 36.5 Å². The molecule has 0 atom stereocenters. The lowest BCUT2D eigenvalue weighted by Gasteiger charge is -2.28. The van der Waals surface area contributed by atoms with E-state index in [4.69, 9.17) is 4.74 Å². The van der Waals surface area contributed by atoms with Crippen LogP contribution in [-0.4, -0.2) is 42.3 Å². The number of ether oxygens (including phenoxy) is 1. The van der Waals surface area contributed by atoms with Gasteiger partial charge in [0, 0.05) is 30.9 Å². The van der Waals surface area contributed by atoms with Crippen LogP contribution in [0.1, 0.15) is 31.4 Å². The third-order valence-corrected chi connectivity index (χ3v) is 3.86. The fourth-order valence-electron chi connectivity index (χ4n) is 2.82. The summed E-state index contributed by atoms with van der Waals surface area (Å²) in [5.41, 5.74) is 1.02. The third-order valence-electron chi connectivity index (χ3n) is 3.86. The highest BCUT2D eigenvalue weighted by Crippen LogP contribution is 2.22. The average molecular weight is 262 g/mol. The van der Waals surface area contributed by atoms with Crippen LogP contribution in [0, 0.1) is 6.92 Å². The number of hydrogen-bond donors (Lipinski definition) is 1. The molecule has 1 aromatic rings. The Morgan fingerprint density at radius 1 is 1.21 bits per heavy atom. The van der Waals surface area contributed by atoms with Crippen LogP contribution in [0.2, 0.25) is 0 Å². The Labute approximate surface area is 114 Å². The minimum atomic E-state index is 0.555. The van der Waals surface area contributed by atoms with Crippen molar-refractivity contribution in [2.45, 2.75) is 38.6 Å². The van der Waals surface area contributed by atoms with Gasteiger partial charge in [-0.15, -0.1) is 0 Å². The highest BCUT2D eigenvalue weighted by atomic mass is 16.5. The summed E-state index contributed by atoms with van der Waals surface area (Å²) in [6.45, 7) is 5.44. The second kappa shape index (κ2) is 5.74. The third kappa shape index (κ3) is 3.15. The Morgan fingerprint density at radius 2 is 1.95 bits per heavy atom. The molecule has 1 aliphatic heterocycles. The molecule has 0 unspecified atom stereocenters. The zero-order chi connectivity index (χ0) is 13.1. The molecule has 1 saturated heterocycles. The van der Waals surface area contributed by atoms with E-state index in [-0.39, 0.29) is 0 Å². The van der Waals surface area contributed by atoms with Gasteiger partial charge in [-0.05, 0) is 19.8 Å². The zero-order valence-corrected chi connectivity index (χ0v) is 11.6. The standard InChI is InChI=1S/C14H22N4O/c1-11-10-13(18-6-8-19-9-7-18)17-14(15-11)16-12-4-2-3-5-12/h10,12H,2-9H2,1H3,(H,15,16,17). The number of rotatable bonds is 3. The Hall–Kier alpha value is -1.36. The summed E-state index contributed by atoms with van der Waals surface area (Å²) < 4.78 is 5.39. The van der Waals surface area contributed by atoms with Crippen LogP contribution in [0.4, 0.5) is 11.8 Å². The first-order valence-electron chi connectivity index (χ1n) is 7.26. The molecule has 0 radical (unpaired) electrons. The fraction of sp³-hybridized carbons (Fsp3) is 0.714. The van der Waals surface area contributed by atoms with Gasteiger partial charge in [0.1, 0.15) is 5.82 Å². The number of nitrogens with zero attached hydrogens (tertiary/aromatic N) is 3. The predicted molar refractivity (Wildman–Crippen MR) is 75.7 cm³/mol. The molecular weight excluding hydrogens is 240 g/mol. The lowest BCUT2D eigenvalue weighted by atomic mass is 10.2. The van der Waals surface area contributed by atoms with E-state index in [0.717, 1.165) is 43.8 Å². The van der Waals surface area contributed by atoms with Gasteiger partial charge in [0.25, 0.3) is 0 Å². The minimum absolute atomic E-state index is 0.555. The van der Waals surface area contributed by atoms with E-state index < -0.39 is 0 Å². The second-order valence-corrected chi connectivity index (χ2v) is 5.42. The fourth-order valence-corrected chi connectivity index (χ4v) is 2.82. The molecule has 0 amide bonds. The first-order chi connectivity index (χ1) is 9.31. The van der Waals surface area contributed by atoms with Gasteiger partial charge in [0.05, 0.1) is 13.2 Å². The van der Waals surface area contributed by atoms with Crippen molar-refractivity contribution in [2.24, 2.45) is 0 Å². The molecule has 2 fully saturated rings. The second-order valence-electron chi connectivity index (χ2n) is 5.42. The van der Waals surface area contributed by atoms with Crippen LogP contribution in [0.3, 0.4) is 0 Å². The molecule has 0 bridgehead atoms. The summed E-state index contributed by atoms with van der Waals surface area (Å²) >= 11 is 0. The van der Waals surface area contributed by atoms with E-state index in [1.807, 2.05) is 6.92 Å². The van der Waals surface area contributed by atoms with Gasteiger partial charge in [0.2, 0.25) is 5.95 Å².